The van der Waals surface area contributed by atoms with Gasteiger partial charge in [-0.25, -0.2) is 4.79 Å². The van der Waals surface area contributed by atoms with Crippen LogP contribution in [0.15, 0.2) is 0 Å². The van der Waals surface area contributed by atoms with Crippen molar-refractivity contribution < 1.29 is 14.3 Å². The van der Waals surface area contributed by atoms with Gasteiger partial charge in [0.05, 0.1) is 12.7 Å². The van der Waals surface area contributed by atoms with E-state index in [1.807, 2.05) is 6.92 Å². The van der Waals surface area contributed by atoms with E-state index in [1.165, 1.54) is 19.3 Å². The third-order valence-electron chi connectivity index (χ3n) is 3.20. The van der Waals surface area contributed by atoms with Gasteiger partial charge in [-0.05, 0) is 26.2 Å². The number of carbonyl (C=O) groups is 1. The summed E-state index contributed by atoms with van der Waals surface area (Å²) in [5.74, 6) is -0.132. The van der Waals surface area contributed by atoms with Crippen LogP contribution in [0.4, 0.5) is 0 Å². The molecule has 1 aliphatic heterocycles. The molecule has 0 aromatic heterocycles. The fourth-order valence-corrected chi connectivity index (χ4v) is 2.34. The fraction of sp³-hybridized carbons (Fsp3) is 0.909. The highest BCUT2D eigenvalue weighted by Crippen LogP contribution is 2.46. The van der Waals surface area contributed by atoms with Gasteiger partial charge in [-0.1, -0.05) is 19.3 Å². The zero-order valence-electron chi connectivity index (χ0n) is 8.75. The van der Waals surface area contributed by atoms with E-state index >= 15 is 0 Å². The van der Waals surface area contributed by atoms with Gasteiger partial charge in [0.25, 0.3) is 0 Å². The zero-order chi connectivity index (χ0) is 10.0. The van der Waals surface area contributed by atoms with E-state index in [2.05, 4.69) is 0 Å². The maximum Gasteiger partial charge on any atom is 0.341 e. The molecule has 0 N–H and O–H groups in total. The third-order valence-corrected chi connectivity index (χ3v) is 3.20. The second-order valence-corrected chi connectivity index (χ2v) is 4.17. The summed E-state index contributed by atoms with van der Waals surface area (Å²) >= 11 is 0. The van der Waals surface area contributed by atoms with Crippen LogP contribution in [0, 0.1) is 0 Å². The van der Waals surface area contributed by atoms with Crippen molar-refractivity contribution in [2.24, 2.45) is 0 Å². The van der Waals surface area contributed by atoms with Crippen molar-refractivity contribution in [3.05, 3.63) is 0 Å². The number of epoxide rings is 1. The average molecular weight is 198 g/mol. The normalized spacial score (nSPS) is 36.5. The highest BCUT2D eigenvalue weighted by Gasteiger charge is 2.62. The van der Waals surface area contributed by atoms with Gasteiger partial charge in [0.15, 0.2) is 5.60 Å². The Balaban J connectivity index is 1.97. The molecule has 0 aromatic rings. The number of hydrogen-bond acceptors (Lipinski definition) is 3. The lowest BCUT2D eigenvalue weighted by Gasteiger charge is -2.13. The minimum Gasteiger partial charge on any atom is -0.464 e. The number of carbonyl (C=O) groups excluding carboxylic acids is 1. The van der Waals surface area contributed by atoms with Crippen LogP contribution < -0.4 is 0 Å². The second kappa shape index (κ2) is 3.89. The lowest BCUT2D eigenvalue weighted by molar-refractivity contribution is -0.149. The SMILES string of the molecule is CCOC(=O)[C@@]12CCCCCC[C@@H]1O2. The van der Waals surface area contributed by atoms with E-state index in [4.69, 9.17) is 9.47 Å². The van der Waals surface area contributed by atoms with E-state index in [1.54, 1.807) is 0 Å². The zero-order valence-corrected chi connectivity index (χ0v) is 8.75. The first-order chi connectivity index (χ1) is 6.79. The van der Waals surface area contributed by atoms with Gasteiger partial charge in [0.1, 0.15) is 0 Å². The molecule has 1 saturated carbocycles. The van der Waals surface area contributed by atoms with E-state index in [9.17, 15) is 4.79 Å². The summed E-state index contributed by atoms with van der Waals surface area (Å²) in [6, 6.07) is 0. The van der Waals surface area contributed by atoms with Gasteiger partial charge in [-0.3, -0.25) is 0 Å². The Hall–Kier alpha value is -0.570. The van der Waals surface area contributed by atoms with Crippen LogP contribution in [0.2, 0.25) is 0 Å². The first-order valence-electron chi connectivity index (χ1n) is 5.64. The van der Waals surface area contributed by atoms with Crippen LogP contribution in [0.1, 0.15) is 45.4 Å². The molecule has 0 aromatic carbocycles. The maximum absolute atomic E-state index is 11.7. The molecule has 2 aliphatic rings. The molecule has 1 saturated heterocycles. The van der Waals surface area contributed by atoms with Gasteiger partial charge >= 0.3 is 5.97 Å². The molecule has 3 nitrogen and oxygen atoms in total. The molecule has 14 heavy (non-hydrogen) atoms. The largest absolute Gasteiger partial charge is 0.464 e. The van der Waals surface area contributed by atoms with Crippen molar-refractivity contribution in [2.45, 2.75) is 57.2 Å². The second-order valence-electron chi connectivity index (χ2n) is 4.17. The molecule has 1 heterocycles. The van der Waals surface area contributed by atoms with Crippen LogP contribution in [0.5, 0.6) is 0 Å². The predicted octanol–water partition coefficient (Wildman–Crippen LogP) is 2.04. The Morgan fingerprint density at radius 1 is 1.43 bits per heavy atom. The fourth-order valence-electron chi connectivity index (χ4n) is 2.34. The molecule has 1 aliphatic carbocycles. The summed E-state index contributed by atoms with van der Waals surface area (Å²) in [7, 11) is 0. The average Bonchev–Trinajstić information content (AvgIpc) is 2.80. The molecule has 2 atom stereocenters. The summed E-state index contributed by atoms with van der Waals surface area (Å²) in [6.45, 7) is 2.30. The van der Waals surface area contributed by atoms with E-state index < -0.39 is 5.60 Å². The van der Waals surface area contributed by atoms with Crippen molar-refractivity contribution >= 4 is 5.97 Å². The Labute approximate surface area is 84.8 Å². The van der Waals surface area contributed by atoms with E-state index in [0.717, 1.165) is 19.3 Å². The molecular formula is C11H18O3. The highest BCUT2D eigenvalue weighted by molar-refractivity contribution is 5.83. The lowest BCUT2D eigenvalue weighted by atomic mass is 9.91. The highest BCUT2D eigenvalue weighted by atomic mass is 16.7. The van der Waals surface area contributed by atoms with Crippen molar-refractivity contribution in [2.75, 3.05) is 6.61 Å². The Kier molecular flexibility index (Phi) is 2.77. The van der Waals surface area contributed by atoms with Gasteiger partial charge in [-0.15, -0.1) is 0 Å². The summed E-state index contributed by atoms with van der Waals surface area (Å²) in [5.41, 5.74) is -0.531. The van der Waals surface area contributed by atoms with Crippen molar-refractivity contribution in [3.63, 3.8) is 0 Å². The van der Waals surface area contributed by atoms with Gasteiger partial charge < -0.3 is 9.47 Å². The number of fused-ring (bicyclic) bond motifs is 1. The quantitative estimate of drug-likeness (QED) is 0.503. The van der Waals surface area contributed by atoms with Crippen LogP contribution in [-0.4, -0.2) is 24.3 Å². The van der Waals surface area contributed by atoms with Gasteiger partial charge in [0.2, 0.25) is 0 Å². The first kappa shape index (κ1) is 9.97. The van der Waals surface area contributed by atoms with Gasteiger partial charge in [-0.2, -0.15) is 0 Å². The van der Waals surface area contributed by atoms with Crippen molar-refractivity contribution in [1.29, 1.82) is 0 Å². The smallest absolute Gasteiger partial charge is 0.341 e. The Morgan fingerprint density at radius 2 is 2.21 bits per heavy atom. The molecular weight excluding hydrogens is 180 g/mol. The third kappa shape index (κ3) is 1.65. The number of rotatable bonds is 2. The number of hydrogen-bond donors (Lipinski definition) is 0. The monoisotopic (exact) mass is 198 g/mol. The Morgan fingerprint density at radius 3 is 3.00 bits per heavy atom. The molecule has 0 amide bonds. The van der Waals surface area contributed by atoms with Gasteiger partial charge in [0, 0.05) is 0 Å². The first-order valence-corrected chi connectivity index (χ1v) is 5.64. The van der Waals surface area contributed by atoms with E-state index in [0.29, 0.717) is 6.61 Å². The molecule has 0 unspecified atom stereocenters. The molecule has 80 valence electrons. The number of ether oxygens (including phenoxy) is 2. The molecule has 2 rings (SSSR count). The lowest BCUT2D eigenvalue weighted by Crippen LogP contribution is -2.30. The minimum absolute atomic E-state index is 0.132. The molecule has 2 fully saturated rings. The summed E-state index contributed by atoms with van der Waals surface area (Å²) in [6.07, 6.45) is 6.81. The predicted molar refractivity (Wildman–Crippen MR) is 51.9 cm³/mol. The molecule has 0 radical (unpaired) electrons. The summed E-state index contributed by atoms with van der Waals surface area (Å²) in [5, 5.41) is 0. The standard InChI is InChI=1S/C11H18O3/c1-2-13-10(12)11-8-6-4-3-5-7-9(11)14-11/h9H,2-8H2,1H3/t9-,11+/m0/s1. The van der Waals surface area contributed by atoms with Crippen LogP contribution in [0.3, 0.4) is 0 Å². The molecule has 0 bridgehead atoms. The van der Waals surface area contributed by atoms with E-state index in [-0.39, 0.29) is 12.1 Å². The van der Waals surface area contributed by atoms with Crippen molar-refractivity contribution in [3.8, 4) is 0 Å². The molecule has 3 heteroatoms. The summed E-state index contributed by atoms with van der Waals surface area (Å²) in [4.78, 5) is 11.7. The molecule has 0 spiro atoms. The topological polar surface area (TPSA) is 38.8 Å². The number of esters is 1. The van der Waals surface area contributed by atoms with Crippen LogP contribution in [0.25, 0.3) is 0 Å². The van der Waals surface area contributed by atoms with Crippen molar-refractivity contribution in [1.82, 2.24) is 0 Å². The Bertz CT molecular complexity index is 227. The van der Waals surface area contributed by atoms with Crippen LogP contribution >= 0.6 is 0 Å². The minimum atomic E-state index is -0.531. The maximum atomic E-state index is 11.7. The summed E-state index contributed by atoms with van der Waals surface area (Å²) < 4.78 is 10.6. The van der Waals surface area contributed by atoms with Crippen LogP contribution in [-0.2, 0) is 14.3 Å².